The highest BCUT2D eigenvalue weighted by atomic mass is 16.5. The summed E-state index contributed by atoms with van der Waals surface area (Å²) in [6.07, 6.45) is 0. The fourth-order valence-corrected chi connectivity index (χ4v) is 2.69. The van der Waals surface area contributed by atoms with Crippen LogP contribution in [0.2, 0.25) is 0 Å². The highest BCUT2D eigenvalue weighted by Crippen LogP contribution is 2.49. The zero-order valence-corrected chi connectivity index (χ0v) is 10.8. The Morgan fingerprint density at radius 1 is 1.11 bits per heavy atom. The molecule has 0 atom stereocenters. The van der Waals surface area contributed by atoms with Gasteiger partial charge in [-0.3, -0.25) is 0 Å². The third-order valence-electron chi connectivity index (χ3n) is 3.70. The summed E-state index contributed by atoms with van der Waals surface area (Å²) >= 11 is 0. The Morgan fingerprint density at radius 3 is 2.00 bits per heavy atom. The molecule has 97 valence electrons. The monoisotopic (exact) mass is 250 g/mol. The zero-order valence-electron chi connectivity index (χ0n) is 10.8. The molecule has 1 aromatic carbocycles. The average molecular weight is 250 g/mol. The van der Waals surface area contributed by atoms with Gasteiger partial charge < -0.3 is 10.2 Å². The van der Waals surface area contributed by atoms with E-state index in [-0.39, 0.29) is 11.3 Å². The van der Waals surface area contributed by atoms with Crippen molar-refractivity contribution in [2.24, 2.45) is 0 Å². The molecular weight excluding hydrogens is 234 g/mol. The van der Waals surface area contributed by atoms with Gasteiger partial charge in [0, 0.05) is 0 Å². The van der Waals surface area contributed by atoms with Gasteiger partial charge in [0.05, 0.1) is 11.1 Å². The second-order valence-electron chi connectivity index (χ2n) is 5.63. The van der Waals surface area contributed by atoms with Gasteiger partial charge >= 0.3 is 5.97 Å². The van der Waals surface area contributed by atoms with Crippen LogP contribution in [0.1, 0.15) is 49.2 Å². The number of hydroxylamine groups is 2. The van der Waals surface area contributed by atoms with Crippen molar-refractivity contribution >= 4 is 5.97 Å². The number of carbonyl (C=O) groups is 1. The number of hydrogen-bond donors (Lipinski definition) is 2. The Hall–Kier alpha value is -1.59. The predicted octanol–water partition coefficient (Wildman–Crippen LogP) is 2.22. The van der Waals surface area contributed by atoms with Crippen LogP contribution < -0.4 is 0 Å². The molecule has 0 spiro atoms. The van der Waals surface area contributed by atoms with Crippen LogP contribution in [-0.2, 0) is 16.3 Å². The molecule has 0 fully saturated rings. The molecule has 0 amide bonds. The smallest absolute Gasteiger partial charge is 0.339 e. The number of hydrogen-bond acceptors (Lipinski definition) is 3. The van der Waals surface area contributed by atoms with Crippen molar-refractivity contribution in [3.63, 3.8) is 0 Å². The zero-order chi connectivity index (χ0) is 13.9. The van der Waals surface area contributed by atoms with Gasteiger partial charge in [0.15, 0.2) is 0 Å². The lowest BCUT2D eigenvalue weighted by molar-refractivity contribution is -0.266. The van der Waals surface area contributed by atoms with Crippen molar-refractivity contribution in [1.29, 1.82) is 0 Å². The van der Waals surface area contributed by atoms with E-state index in [0.29, 0.717) is 11.1 Å². The van der Waals surface area contributed by atoms with Gasteiger partial charge in [-0.15, -0.1) is 10.3 Å². The minimum absolute atomic E-state index is 0.173. The Morgan fingerprint density at radius 2 is 1.56 bits per heavy atom. The molecule has 1 aromatic rings. The lowest BCUT2D eigenvalue weighted by atomic mass is 9.89. The van der Waals surface area contributed by atoms with E-state index >= 15 is 0 Å². The van der Waals surface area contributed by atoms with Crippen molar-refractivity contribution in [3.8, 4) is 5.75 Å². The minimum atomic E-state index is -1.20. The van der Waals surface area contributed by atoms with Crippen LogP contribution in [0.3, 0.4) is 0 Å². The van der Waals surface area contributed by atoms with E-state index in [1.54, 1.807) is 27.7 Å². The average Bonchev–Trinajstić information content (AvgIpc) is 2.37. The van der Waals surface area contributed by atoms with Gasteiger partial charge in [0.25, 0.3) is 0 Å². The molecule has 0 bridgehead atoms. The highest BCUT2D eigenvalue weighted by Gasteiger charge is 2.50. The molecule has 1 heterocycles. The van der Waals surface area contributed by atoms with Crippen LogP contribution in [0, 0.1) is 0 Å². The lowest BCUT2D eigenvalue weighted by Crippen LogP contribution is -2.41. The number of rotatable bonds is 1. The molecule has 0 saturated heterocycles. The van der Waals surface area contributed by atoms with Crippen LogP contribution in [0.25, 0.3) is 0 Å². The van der Waals surface area contributed by atoms with Crippen molar-refractivity contribution in [2.75, 3.05) is 0 Å². The summed E-state index contributed by atoms with van der Waals surface area (Å²) in [4.78, 5) is 11.0. The summed E-state index contributed by atoms with van der Waals surface area (Å²) in [5, 5.41) is 32.0. The molecule has 1 aliphatic heterocycles. The molecule has 5 heteroatoms. The molecule has 2 rings (SSSR count). The van der Waals surface area contributed by atoms with Crippen molar-refractivity contribution in [2.45, 2.75) is 38.8 Å². The first kappa shape index (κ1) is 12.9. The number of benzene rings is 1. The largest absolute Gasteiger partial charge is 0.507 e. The van der Waals surface area contributed by atoms with Crippen molar-refractivity contribution in [1.82, 2.24) is 5.06 Å². The molecule has 5 nitrogen and oxygen atoms in total. The van der Waals surface area contributed by atoms with Crippen LogP contribution in [-0.4, -0.2) is 21.2 Å². The van der Waals surface area contributed by atoms with Gasteiger partial charge in [-0.25, -0.2) is 4.79 Å². The van der Waals surface area contributed by atoms with E-state index in [4.69, 9.17) is 5.11 Å². The molecular formula is C13H16NO4. The van der Waals surface area contributed by atoms with Crippen LogP contribution in [0.4, 0.5) is 0 Å². The van der Waals surface area contributed by atoms with Crippen LogP contribution in [0.15, 0.2) is 12.1 Å². The maximum absolute atomic E-state index is 12.3. The van der Waals surface area contributed by atoms with Gasteiger partial charge in [-0.2, -0.15) is 0 Å². The number of carboxylic acid groups (broad SMARTS) is 1. The number of fused-ring (bicyclic) bond motifs is 1. The van der Waals surface area contributed by atoms with Gasteiger partial charge in [0.2, 0.25) is 0 Å². The molecule has 0 aliphatic carbocycles. The normalized spacial score (nSPS) is 20.7. The minimum Gasteiger partial charge on any atom is -0.507 e. The van der Waals surface area contributed by atoms with E-state index in [9.17, 15) is 15.1 Å². The summed E-state index contributed by atoms with van der Waals surface area (Å²) in [5.74, 6) is -1.51. The fourth-order valence-electron chi connectivity index (χ4n) is 2.69. The third kappa shape index (κ3) is 1.44. The van der Waals surface area contributed by atoms with Gasteiger partial charge in [0.1, 0.15) is 11.3 Å². The number of aromatic hydroxyl groups is 1. The maximum Gasteiger partial charge on any atom is 0.339 e. The van der Waals surface area contributed by atoms with Crippen molar-refractivity contribution in [3.05, 3.63) is 28.8 Å². The first-order valence-electron chi connectivity index (χ1n) is 5.69. The SMILES string of the molecule is CC1(C)c2cc(O)c(C(=O)O)cc2C(C)(C)N1[O]. The Balaban J connectivity index is 2.76. The highest BCUT2D eigenvalue weighted by molar-refractivity contribution is 5.91. The second kappa shape index (κ2) is 3.46. The van der Waals surface area contributed by atoms with Gasteiger partial charge in [-0.1, -0.05) is 0 Å². The Kier molecular flexibility index (Phi) is 2.47. The molecule has 2 N–H and O–H groups in total. The first-order chi connectivity index (χ1) is 8.10. The van der Waals surface area contributed by atoms with Gasteiger partial charge in [-0.05, 0) is 51.0 Å². The molecule has 1 aliphatic rings. The summed E-state index contributed by atoms with van der Waals surface area (Å²) in [5.41, 5.74) is -0.444. The predicted molar refractivity (Wildman–Crippen MR) is 63.6 cm³/mol. The summed E-state index contributed by atoms with van der Waals surface area (Å²) in [6, 6.07) is 2.78. The van der Waals surface area contributed by atoms with Crippen LogP contribution >= 0.6 is 0 Å². The fraction of sp³-hybridized carbons (Fsp3) is 0.462. The third-order valence-corrected chi connectivity index (χ3v) is 3.70. The first-order valence-corrected chi connectivity index (χ1v) is 5.69. The van der Waals surface area contributed by atoms with E-state index in [0.717, 1.165) is 5.06 Å². The van der Waals surface area contributed by atoms with E-state index < -0.39 is 17.0 Å². The number of carboxylic acids is 1. The molecule has 0 aromatic heterocycles. The molecule has 1 radical (unpaired) electrons. The lowest BCUT2D eigenvalue weighted by Gasteiger charge is -2.32. The van der Waals surface area contributed by atoms with E-state index in [2.05, 4.69) is 0 Å². The van der Waals surface area contributed by atoms with Crippen LogP contribution in [0.5, 0.6) is 5.75 Å². The van der Waals surface area contributed by atoms with E-state index in [1.807, 2.05) is 0 Å². The summed E-state index contributed by atoms with van der Waals surface area (Å²) in [7, 11) is 0. The molecule has 18 heavy (non-hydrogen) atoms. The van der Waals surface area contributed by atoms with E-state index in [1.165, 1.54) is 12.1 Å². The molecule has 0 unspecified atom stereocenters. The maximum atomic E-state index is 12.3. The Bertz CT molecular complexity index is 534. The number of aromatic carboxylic acids is 1. The standard InChI is InChI=1S/C13H16NO4/c1-12(2)8-5-7(11(16)17)10(15)6-9(8)13(3,4)14(12)18/h5-6,15H,1-4H3,(H,16,17). The quantitative estimate of drug-likeness (QED) is 0.800. The molecule has 0 saturated carbocycles. The second-order valence-corrected chi connectivity index (χ2v) is 5.63. The Labute approximate surface area is 105 Å². The number of nitrogens with zero attached hydrogens (tertiary/aromatic N) is 1. The topological polar surface area (TPSA) is 80.7 Å². The summed E-state index contributed by atoms with van der Waals surface area (Å²) < 4.78 is 0. The van der Waals surface area contributed by atoms with Crippen molar-refractivity contribution < 1.29 is 20.2 Å². The number of phenols is 1. The summed E-state index contributed by atoms with van der Waals surface area (Å²) in [6.45, 7) is 7.01.